The summed E-state index contributed by atoms with van der Waals surface area (Å²) in [6.45, 7) is 13.7. The van der Waals surface area contributed by atoms with Crippen LogP contribution < -0.4 is 21.7 Å². The maximum Gasteiger partial charge on any atom is 0.128 e. The van der Waals surface area contributed by atoms with Crippen LogP contribution in [0.2, 0.25) is 0 Å². The van der Waals surface area contributed by atoms with Crippen LogP contribution in [-0.4, -0.2) is 24.2 Å². The smallest absolute Gasteiger partial charge is 0.128 e. The Morgan fingerprint density at radius 2 is 1.93 bits per heavy atom. The van der Waals surface area contributed by atoms with E-state index >= 15 is 0 Å². The van der Waals surface area contributed by atoms with Crippen molar-refractivity contribution in [1.82, 2.24) is 15.6 Å². The quantitative estimate of drug-likeness (QED) is 0.499. The summed E-state index contributed by atoms with van der Waals surface area (Å²) in [6.07, 6.45) is 1.86. The highest BCUT2D eigenvalue weighted by Crippen LogP contribution is 2.24. The number of aryl methyl sites for hydroxylation is 1. The van der Waals surface area contributed by atoms with Crippen molar-refractivity contribution in [3.05, 3.63) is 59.3 Å². The molecule has 1 heterocycles. The molecular formula is C24H37N5. The fraction of sp³-hybridized carbons (Fsp3) is 0.458. The van der Waals surface area contributed by atoms with E-state index in [1.807, 2.05) is 20.0 Å². The van der Waals surface area contributed by atoms with Crippen LogP contribution in [0, 0.1) is 12.3 Å². The van der Waals surface area contributed by atoms with Gasteiger partial charge in [0.15, 0.2) is 0 Å². The van der Waals surface area contributed by atoms with E-state index in [0.717, 1.165) is 29.3 Å². The summed E-state index contributed by atoms with van der Waals surface area (Å²) in [4.78, 5) is 4.87. The van der Waals surface area contributed by atoms with Gasteiger partial charge >= 0.3 is 0 Å². The summed E-state index contributed by atoms with van der Waals surface area (Å²) in [7, 11) is 1.90. The zero-order chi connectivity index (χ0) is 21.6. The van der Waals surface area contributed by atoms with Crippen molar-refractivity contribution >= 4 is 5.82 Å². The summed E-state index contributed by atoms with van der Waals surface area (Å²) >= 11 is 0. The second-order valence-corrected chi connectivity index (χ2v) is 8.91. The van der Waals surface area contributed by atoms with Crippen molar-refractivity contribution < 1.29 is 0 Å². The number of aromatic nitrogens is 1. The number of pyridine rings is 1. The van der Waals surface area contributed by atoms with Gasteiger partial charge in [0.1, 0.15) is 5.82 Å². The Labute approximate surface area is 176 Å². The van der Waals surface area contributed by atoms with Crippen LogP contribution >= 0.6 is 0 Å². The molecule has 29 heavy (non-hydrogen) atoms. The van der Waals surface area contributed by atoms with E-state index in [-0.39, 0.29) is 11.6 Å². The maximum atomic E-state index is 5.86. The Kier molecular flexibility index (Phi) is 7.82. The lowest BCUT2D eigenvalue weighted by Crippen LogP contribution is -2.37. The minimum atomic E-state index is -0.0884. The molecule has 0 saturated carbocycles. The number of hydrogen-bond donors (Lipinski definition) is 4. The lowest BCUT2D eigenvalue weighted by atomic mass is 9.88. The Balaban J connectivity index is 2.36. The Morgan fingerprint density at radius 3 is 2.52 bits per heavy atom. The highest BCUT2D eigenvalue weighted by Gasteiger charge is 2.19. The largest absolute Gasteiger partial charge is 0.402 e. The van der Waals surface area contributed by atoms with Crippen LogP contribution in [0.15, 0.2) is 48.2 Å². The van der Waals surface area contributed by atoms with Crippen LogP contribution in [0.1, 0.15) is 45.7 Å². The highest BCUT2D eigenvalue weighted by molar-refractivity contribution is 5.63. The molecule has 2 atom stereocenters. The fourth-order valence-electron chi connectivity index (χ4n) is 2.91. The number of allylic oxidation sites excluding steroid dienone is 1. The second kappa shape index (κ2) is 9.90. The molecule has 0 aliphatic rings. The van der Waals surface area contributed by atoms with Crippen molar-refractivity contribution in [3.63, 3.8) is 0 Å². The Morgan fingerprint density at radius 1 is 1.21 bits per heavy atom. The van der Waals surface area contributed by atoms with Gasteiger partial charge in [-0.2, -0.15) is 0 Å². The number of nitrogens with one attached hydrogen (secondary N) is 3. The predicted molar refractivity (Wildman–Crippen MR) is 125 cm³/mol. The molecular weight excluding hydrogens is 358 g/mol. The van der Waals surface area contributed by atoms with E-state index in [2.05, 4.69) is 87.0 Å². The molecule has 5 N–H and O–H groups in total. The van der Waals surface area contributed by atoms with Crippen LogP contribution in [0.4, 0.5) is 5.82 Å². The number of anilines is 1. The van der Waals surface area contributed by atoms with Crippen molar-refractivity contribution in [2.24, 2.45) is 11.1 Å². The topological polar surface area (TPSA) is 75.0 Å². The van der Waals surface area contributed by atoms with E-state index < -0.39 is 0 Å². The molecule has 2 rings (SSSR count). The normalized spacial score (nSPS) is 14.5. The van der Waals surface area contributed by atoms with Crippen molar-refractivity contribution in [3.8, 4) is 11.3 Å². The van der Waals surface area contributed by atoms with E-state index in [9.17, 15) is 0 Å². The number of nitrogens with zero attached hydrogens (tertiary/aromatic N) is 1. The summed E-state index contributed by atoms with van der Waals surface area (Å²) in [5.41, 5.74) is 11.3. The van der Waals surface area contributed by atoms with Crippen molar-refractivity contribution in [2.75, 3.05) is 12.4 Å². The first kappa shape index (κ1) is 22.9. The van der Waals surface area contributed by atoms with Gasteiger partial charge in [0.25, 0.3) is 0 Å². The molecule has 0 saturated heterocycles. The minimum Gasteiger partial charge on any atom is -0.402 e. The van der Waals surface area contributed by atoms with Crippen LogP contribution in [0.5, 0.6) is 0 Å². The van der Waals surface area contributed by atoms with E-state index in [0.29, 0.717) is 6.04 Å². The molecule has 0 radical (unpaired) electrons. The molecule has 158 valence electrons. The zero-order valence-corrected chi connectivity index (χ0v) is 18.9. The molecule has 2 unspecified atom stereocenters. The van der Waals surface area contributed by atoms with Crippen LogP contribution in [0.25, 0.3) is 11.3 Å². The summed E-state index contributed by atoms with van der Waals surface area (Å²) in [5.74, 6) is 0.820. The first-order valence-corrected chi connectivity index (χ1v) is 10.3. The molecule has 0 aliphatic heterocycles. The van der Waals surface area contributed by atoms with Gasteiger partial charge in [-0.05, 0) is 63.1 Å². The van der Waals surface area contributed by atoms with E-state index in [4.69, 9.17) is 10.7 Å². The molecule has 0 fully saturated rings. The van der Waals surface area contributed by atoms with Gasteiger partial charge in [0, 0.05) is 23.8 Å². The molecule has 5 nitrogen and oxygen atoms in total. The Hall–Kier alpha value is -2.37. The predicted octanol–water partition coefficient (Wildman–Crippen LogP) is 4.40. The molecule has 1 aromatic heterocycles. The SMILES string of the molecule is CNC(/C=C(/C)N)Nc1cc(CNC(C)C(C)(C)C)cc(-c2cccc(C)c2)n1. The van der Waals surface area contributed by atoms with Crippen molar-refractivity contribution in [2.45, 2.75) is 60.3 Å². The molecule has 0 spiro atoms. The fourth-order valence-corrected chi connectivity index (χ4v) is 2.91. The molecule has 2 aromatic rings. The average Bonchev–Trinajstić information content (AvgIpc) is 2.64. The molecule has 5 heteroatoms. The lowest BCUT2D eigenvalue weighted by Gasteiger charge is -2.28. The highest BCUT2D eigenvalue weighted by atomic mass is 15.1. The van der Waals surface area contributed by atoms with Crippen LogP contribution in [-0.2, 0) is 6.54 Å². The first-order valence-electron chi connectivity index (χ1n) is 10.3. The number of benzene rings is 1. The number of likely N-dealkylation sites (N-methyl/N-ethyl adjacent to an activating group) is 1. The number of nitrogens with two attached hydrogens (primary N) is 1. The Bertz CT molecular complexity index is 831. The lowest BCUT2D eigenvalue weighted by molar-refractivity contribution is 0.285. The summed E-state index contributed by atoms with van der Waals surface area (Å²) in [5, 5.41) is 10.3. The van der Waals surface area contributed by atoms with Crippen LogP contribution in [0.3, 0.4) is 0 Å². The van der Waals surface area contributed by atoms with Crippen molar-refractivity contribution in [1.29, 1.82) is 0 Å². The first-order chi connectivity index (χ1) is 13.6. The summed E-state index contributed by atoms with van der Waals surface area (Å²) in [6, 6.07) is 13.1. The molecule has 0 amide bonds. The molecule has 0 bridgehead atoms. The summed E-state index contributed by atoms with van der Waals surface area (Å²) < 4.78 is 0. The second-order valence-electron chi connectivity index (χ2n) is 8.91. The van der Waals surface area contributed by atoms with Gasteiger partial charge in [0.05, 0.1) is 11.9 Å². The van der Waals surface area contributed by atoms with Gasteiger partial charge in [0.2, 0.25) is 0 Å². The van der Waals surface area contributed by atoms with Gasteiger partial charge in [-0.1, -0.05) is 44.5 Å². The van der Waals surface area contributed by atoms with Gasteiger partial charge in [-0.25, -0.2) is 4.98 Å². The molecule has 1 aromatic carbocycles. The van der Waals surface area contributed by atoms with E-state index in [1.165, 1.54) is 11.1 Å². The molecule has 0 aliphatic carbocycles. The zero-order valence-electron chi connectivity index (χ0n) is 18.9. The number of hydrogen-bond acceptors (Lipinski definition) is 5. The van der Waals surface area contributed by atoms with Gasteiger partial charge in [-0.15, -0.1) is 0 Å². The standard InChI is InChI=1S/C24H37N5/c1-16-9-8-10-20(11-16)21-13-19(15-27-18(3)24(4,5)6)14-23(28-21)29-22(26-7)12-17(2)25/h8-14,18,22,26-27H,15,25H2,1-7H3,(H,28,29)/b17-12-. The van der Waals surface area contributed by atoms with Gasteiger partial charge < -0.3 is 16.4 Å². The van der Waals surface area contributed by atoms with E-state index in [1.54, 1.807) is 0 Å². The third-order valence-electron chi connectivity index (χ3n) is 5.15. The number of rotatable bonds is 8. The third kappa shape index (κ3) is 7.18. The average molecular weight is 396 g/mol. The monoisotopic (exact) mass is 395 g/mol. The third-order valence-corrected chi connectivity index (χ3v) is 5.15. The minimum absolute atomic E-state index is 0.0884. The van der Waals surface area contributed by atoms with Gasteiger partial charge in [-0.3, -0.25) is 5.32 Å². The maximum absolute atomic E-state index is 5.86.